The topological polar surface area (TPSA) is 151 Å². The summed E-state index contributed by atoms with van der Waals surface area (Å²) in [5, 5.41) is 15.1. The van der Waals surface area contributed by atoms with Crippen LogP contribution in [0.2, 0.25) is 0 Å². The number of carboxylic acid groups (broad SMARTS) is 1. The first kappa shape index (κ1) is 30.9. The Bertz CT molecular complexity index is 1030. The van der Waals surface area contributed by atoms with E-state index in [1.807, 2.05) is 11.4 Å². The molecule has 1 aromatic heterocycles. The maximum absolute atomic E-state index is 12.9. The van der Waals surface area contributed by atoms with Crippen LogP contribution >= 0.6 is 23.1 Å². The van der Waals surface area contributed by atoms with Crippen molar-refractivity contribution < 1.29 is 62.2 Å². The molecule has 14 heteroatoms. The molecule has 0 saturated carbocycles. The van der Waals surface area contributed by atoms with Gasteiger partial charge in [-0.2, -0.15) is 0 Å². The molecule has 1 N–H and O–H groups in total. The number of carboxylic acids is 1. The van der Waals surface area contributed by atoms with Crippen molar-refractivity contribution in [2.45, 2.75) is 43.4 Å². The Morgan fingerprint density at radius 2 is 1.81 bits per heavy atom. The summed E-state index contributed by atoms with van der Waals surface area (Å²) < 4.78 is 15.3. The average molecular weight is 547 g/mol. The van der Waals surface area contributed by atoms with Crippen LogP contribution in [0.4, 0.5) is 0 Å². The van der Waals surface area contributed by atoms with Crippen molar-refractivity contribution in [2.75, 3.05) is 26.9 Å². The summed E-state index contributed by atoms with van der Waals surface area (Å²) in [5.74, 6) is -5.48. The number of ether oxygens (including phenoxy) is 3. The van der Waals surface area contributed by atoms with Gasteiger partial charge >= 0.3 is 30.8 Å². The second kappa shape index (κ2) is 14.0. The third-order valence-electron chi connectivity index (χ3n) is 5.60. The van der Waals surface area contributed by atoms with Gasteiger partial charge in [-0.3, -0.25) is 24.1 Å². The van der Waals surface area contributed by atoms with E-state index in [4.69, 9.17) is 14.2 Å². The fourth-order valence-electron chi connectivity index (χ4n) is 4.06. The summed E-state index contributed by atoms with van der Waals surface area (Å²) in [5.41, 5.74) is -0.195. The molecule has 2 aliphatic heterocycles. The van der Waals surface area contributed by atoms with Crippen molar-refractivity contribution in [1.82, 2.24) is 10.2 Å². The largest absolute Gasteiger partial charge is 1.00 e. The van der Waals surface area contributed by atoms with Gasteiger partial charge in [0, 0.05) is 17.2 Å². The Morgan fingerprint density at radius 1 is 1.16 bits per heavy atom. The first-order valence-corrected chi connectivity index (χ1v) is 13.1. The predicted molar refractivity (Wildman–Crippen MR) is 127 cm³/mol. The Kier molecular flexibility index (Phi) is 11.7. The molecular weight excluding hydrogens is 519 g/mol. The molecule has 3 rings (SSSR count). The second-order valence-corrected chi connectivity index (χ2v) is 10.3. The number of methoxy groups -OCH3 is 1. The molecule has 2 amide bonds. The number of thioether (sulfide) groups is 1. The normalized spacial score (nSPS) is 20.5. The Morgan fingerprint density at radius 3 is 2.32 bits per heavy atom. The van der Waals surface area contributed by atoms with E-state index in [0.717, 1.165) is 21.5 Å². The van der Waals surface area contributed by atoms with Gasteiger partial charge in [-0.15, -0.1) is 23.1 Å². The molecule has 0 radical (unpaired) electrons. The molecule has 0 bridgehead atoms. The molecule has 2 aliphatic rings. The molecule has 0 aromatic carbocycles. The molecule has 0 aliphatic carbocycles. The van der Waals surface area contributed by atoms with E-state index in [9.17, 15) is 29.1 Å². The van der Waals surface area contributed by atoms with Gasteiger partial charge in [0.25, 0.3) is 5.91 Å². The quantitative estimate of drug-likeness (QED) is 0.123. The fraction of sp³-hybridized carbons (Fsp3) is 0.522. The molecule has 0 spiro atoms. The summed E-state index contributed by atoms with van der Waals surface area (Å²) >= 11 is 2.56. The maximum Gasteiger partial charge on any atom is 1.00 e. The van der Waals surface area contributed by atoms with Gasteiger partial charge < -0.3 is 29.4 Å². The Labute approximate surface area is 234 Å². The minimum absolute atomic E-state index is 0. The predicted octanol–water partition coefficient (Wildman–Crippen LogP) is -3.15. The number of aliphatic carboxylic acids is 1. The zero-order chi connectivity index (χ0) is 26.4. The van der Waals surface area contributed by atoms with E-state index < -0.39 is 46.4 Å². The average Bonchev–Trinajstić information content (AvgIpc) is 3.34. The number of hydrogen-bond donors (Lipinski definition) is 1. The number of nitrogens with one attached hydrogen (secondary N) is 1. The number of rotatable bonds is 12. The monoisotopic (exact) mass is 546 g/mol. The van der Waals surface area contributed by atoms with Gasteiger partial charge in [-0.1, -0.05) is 6.07 Å². The molecule has 37 heavy (non-hydrogen) atoms. The van der Waals surface area contributed by atoms with E-state index in [-0.39, 0.29) is 68.7 Å². The Hall–Kier alpha value is -2.30. The van der Waals surface area contributed by atoms with Gasteiger partial charge in [0.05, 0.1) is 37.9 Å². The third-order valence-corrected chi connectivity index (χ3v) is 8.04. The summed E-state index contributed by atoms with van der Waals surface area (Å²) in [6.45, 7) is 3.11. The van der Waals surface area contributed by atoms with E-state index in [1.54, 1.807) is 19.9 Å². The summed E-state index contributed by atoms with van der Waals surface area (Å²) in [4.78, 5) is 64.5. The van der Waals surface area contributed by atoms with Gasteiger partial charge in [0.2, 0.25) is 5.91 Å². The number of thiophene rings is 1. The molecule has 1 fully saturated rings. The second-order valence-electron chi connectivity index (χ2n) is 7.91. The number of β-lactam (4-membered cyclic amide) rings is 1. The maximum atomic E-state index is 12.9. The SMILES string of the molecule is CCOC(=O)C(CC1S[C@H]2C(NC(=O)Cc3cccs3)C(=O)N2C(C(=O)[O-])=C1COC)C(=O)OCC.[Li+]. The molecule has 1 aromatic rings. The van der Waals surface area contributed by atoms with Crippen molar-refractivity contribution in [2.24, 2.45) is 5.92 Å². The summed E-state index contributed by atoms with van der Waals surface area (Å²) in [6, 6.07) is 2.62. The van der Waals surface area contributed by atoms with Crippen molar-refractivity contribution in [3.63, 3.8) is 0 Å². The number of fused-ring (bicyclic) bond motifs is 1. The molecule has 11 nitrogen and oxygen atoms in total. The van der Waals surface area contributed by atoms with Gasteiger partial charge in [-0.05, 0) is 37.3 Å². The van der Waals surface area contributed by atoms with Crippen LogP contribution in [0.5, 0.6) is 0 Å². The summed E-state index contributed by atoms with van der Waals surface area (Å²) in [6.07, 6.45) is -0.0691. The smallest absolute Gasteiger partial charge is 0.543 e. The van der Waals surface area contributed by atoms with Crippen molar-refractivity contribution >= 4 is 52.8 Å². The van der Waals surface area contributed by atoms with Gasteiger partial charge in [0.15, 0.2) is 5.92 Å². The van der Waals surface area contributed by atoms with E-state index in [1.165, 1.54) is 18.4 Å². The number of hydrogen-bond acceptors (Lipinski definition) is 11. The first-order chi connectivity index (χ1) is 17.2. The number of amides is 2. The minimum Gasteiger partial charge on any atom is -0.543 e. The van der Waals surface area contributed by atoms with Crippen molar-refractivity contribution in [1.29, 1.82) is 0 Å². The van der Waals surface area contributed by atoms with E-state index in [0.29, 0.717) is 0 Å². The van der Waals surface area contributed by atoms with E-state index in [2.05, 4.69) is 5.32 Å². The molecule has 3 heterocycles. The van der Waals surface area contributed by atoms with Crippen LogP contribution in [0.3, 0.4) is 0 Å². The van der Waals surface area contributed by atoms with E-state index >= 15 is 0 Å². The van der Waals surface area contributed by atoms with Crippen LogP contribution in [0, 0.1) is 5.92 Å². The third kappa shape index (κ3) is 6.97. The molecule has 196 valence electrons. The van der Waals surface area contributed by atoms with Gasteiger partial charge in [0.1, 0.15) is 11.4 Å². The summed E-state index contributed by atoms with van der Waals surface area (Å²) in [7, 11) is 1.35. The zero-order valence-corrected chi connectivity index (χ0v) is 22.6. The number of esters is 2. The Balaban J connectivity index is 0.00000481. The van der Waals surface area contributed by atoms with Crippen molar-refractivity contribution in [3.8, 4) is 0 Å². The van der Waals surface area contributed by atoms with Crippen LogP contribution in [0.25, 0.3) is 0 Å². The number of carbonyl (C=O) groups is 5. The number of nitrogens with zero attached hydrogens (tertiary/aromatic N) is 1. The number of carbonyl (C=O) groups excluding carboxylic acids is 5. The molecule has 2 unspecified atom stereocenters. The fourth-order valence-corrected chi connectivity index (χ4v) is 6.42. The zero-order valence-electron chi connectivity index (χ0n) is 21.0. The van der Waals surface area contributed by atoms with Crippen LogP contribution < -0.4 is 29.3 Å². The standard InChI is InChI=1S/C23H28N2O9S2.Li/c1-4-33-22(30)13(23(31)34-5-2)10-15-14(11-32-3)18(21(28)29)25-19(27)17(20(25)36-15)24-16(26)9-12-7-6-8-35-12;/h6-8,13,15,17,20H,4-5,9-11H2,1-3H3,(H,24,26)(H,28,29);/q;+1/p-1/t15?,17?,20-;/m0./s1. The van der Waals surface area contributed by atoms with Crippen molar-refractivity contribution in [3.05, 3.63) is 33.7 Å². The van der Waals surface area contributed by atoms with Gasteiger partial charge in [-0.25, -0.2) is 0 Å². The minimum atomic E-state index is -1.60. The molecular formula is C23H27LiN2O9S2. The molecule has 1 saturated heterocycles. The van der Waals surface area contributed by atoms with Crippen LogP contribution in [0.1, 0.15) is 25.1 Å². The van der Waals surface area contributed by atoms with Crippen LogP contribution in [0.15, 0.2) is 28.8 Å². The first-order valence-electron chi connectivity index (χ1n) is 11.3. The molecule has 3 atom stereocenters. The van der Waals surface area contributed by atoms with Crippen LogP contribution in [-0.2, 0) is 44.6 Å². The van der Waals surface area contributed by atoms with Crippen LogP contribution in [-0.4, -0.2) is 78.2 Å².